The van der Waals surface area contributed by atoms with Gasteiger partial charge in [-0.15, -0.1) is 0 Å². The summed E-state index contributed by atoms with van der Waals surface area (Å²) in [6.07, 6.45) is 6.01. The topological polar surface area (TPSA) is 55.4 Å². The Labute approximate surface area is 199 Å². The minimum absolute atomic E-state index is 0.0207. The summed E-state index contributed by atoms with van der Waals surface area (Å²) in [7, 11) is 0. The van der Waals surface area contributed by atoms with E-state index in [1.807, 2.05) is 25.1 Å². The van der Waals surface area contributed by atoms with Gasteiger partial charge in [0.2, 0.25) is 0 Å². The molecule has 2 unspecified atom stereocenters. The number of hydrogen-bond donors (Lipinski definition) is 1. The SMILES string of the molecule is CC1=C(C(=O)OC2CCCCC2)C(c2ccc(F)cc2)C2=C(CC(c3ccccc3)CC2=O)N1. The second-order valence-electron chi connectivity index (χ2n) is 9.64. The molecule has 0 saturated heterocycles. The maximum absolute atomic E-state index is 13.7. The van der Waals surface area contributed by atoms with Crippen molar-refractivity contribution < 1.29 is 18.7 Å². The van der Waals surface area contributed by atoms with E-state index in [-0.39, 0.29) is 29.6 Å². The third kappa shape index (κ3) is 4.44. The monoisotopic (exact) mass is 459 g/mol. The highest BCUT2D eigenvalue weighted by Gasteiger charge is 2.41. The van der Waals surface area contributed by atoms with E-state index in [4.69, 9.17) is 4.74 Å². The lowest BCUT2D eigenvalue weighted by Crippen LogP contribution is -2.37. The van der Waals surface area contributed by atoms with Gasteiger partial charge in [0.15, 0.2) is 5.78 Å². The summed E-state index contributed by atoms with van der Waals surface area (Å²) in [6, 6.07) is 16.2. The summed E-state index contributed by atoms with van der Waals surface area (Å²) in [6.45, 7) is 1.87. The van der Waals surface area contributed by atoms with Gasteiger partial charge in [-0.2, -0.15) is 0 Å². The summed E-state index contributed by atoms with van der Waals surface area (Å²) < 4.78 is 19.7. The van der Waals surface area contributed by atoms with Crippen molar-refractivity contribution >= 4 is 11.8 Å². The van der Waals surface area contributed by atoms with E-state index in [0.717, 1.165) is 42.5 Å². The Morgan fingerprint density at radius 3 is 2.35 bits per heavy atom. The van der Waals surface area contributed by atoms with Crippen molar-refractivity contribution in [2.75, 3.05) is 0 Å². The van der Waals surface area contributed by atoms with Crippen LogP contribution < -0.4 is 5.32 Å². The lowest BCUT2D eigenvalue weighted by Gasteiger charge is -2.37. The summed E-state index contributed by atoms with van der Waals surface area (Å²) >= 11 is 0. The minimum atomic E-state index is -0.558. The lowest BCUT2D eigenvalue weighted by atomic mass is 9.71. The highest BCUT2D eigenvalue weighted by atomic mass is 19.1. The molecule has 0 amide bonds. The highest BCUT2D eigenvalue weighted by molar-refractivity contribution is 6.04. The molecule has 0 radical (unpaired) electrons. The molecular weight excluding hydrogens is 429 g/mol. The molecule has 2 atom stereocenters. The quantitative estimate of drug-likeness (QED) is 0.565. The van der Waals surface area contributed by atoms with E-state index in [0.29, 0.717) is 29.7 Å². The van der Waals surface area contributed by atoms with E-state index >= 15 is 0 Å². The molecular formula is C29H30FNO3. The second kappa shape index (κ2) is 9.57. The largest absolute Gasteiger partial charge is 0.459 e. The van der Waals surface area contributed by atoms with Crippen LogP contribution in [0, 0.1) is 5.82 Å². The van der Waals surface area contributed by atoms with E-state index in [1.54, 1.807) is 12.1 Å². The Balaban J connectivity index is 1.52. The molecule has 5 heteroatoms. The van der Waals surface area contributed by atoms with Gasteiger partial charge >= 0.3 is 5.97 Å². The number of dihydropyridines is 1. The number of carbonyl (C=O) groups excluding carboxylic acids is 2. The van der Waals surface area contributed by atoms with Crippen LogP contribution in [0.2, 0.25) is 0 Å². The number of esters is 1. The third-order valence-electron chi connectivity index (χ3n) is 7.35. The summed E-state index contributed by atoms with van der Waals surface area (Å²) in [5.74, 6) is -1.18. The van der Waals surface area contributed by atoms with E-state index in [2.05, 4.69) is 17.4 Å². The predicted molar refractivity (Wildman–Crippen MR) is 128 cm³/mol. The van der Waals surface area contributed by atoms with Crippen molar-refractivity contribution in [1.29, 1.82) is 0 Å². The molecule has 2 aliphatic carbocycles. The van der Waals surface area contributed by atoms with Gasteiger partial charge in [-0.1, -0.05) is 48.9 Å². The Hall–Kier alpha value is -3.21. The van der Waals surface area contributed by atoms with Crippen LogP contribution in [-0.2, 0) is 14.3 Å². The van der Waals surface area contributed by atoms with Gasteiger partial charge in [0.1, 0.15) is 11.9 Å². The van der Waals surface area contributed by atoms with Crippen LogP contribution in [0.25, 0.3) is 0 Å². The number of ether oxygens (including phenoxy) is 1. The average Bonchev–Trinajstić information content (AvgIpc) is 2.84. The van der Waals surface area contributed by atoms with Gasteiger partial charge in [0, 0.05) is 29.3 Å². The number of Topliss-reactive ketones (excluding diaryl/α,β-unsaturated/α-hetero) is 1. The summed E-state index contributed by atoms with van der Waals surface area (Å²) in [4.78, 5) is 27.0. The first-order valence-corrected chi connectivity index (χ1v) is 12.3. The van der Waals surface area contributed by atoms with Crippen LogP contribution in [-0.4, -0.2) is 17.9 Å². The molecule has 176 valence electrons. The molecule has 1 heterocycles. The Morgan fingerprint density at radius 1 is 0.941 bits per heavy atom. The van der Waals surface area contributed by atoms with E-state index in [1.165, 1.54) is 18.6 Å². The Bertz CT molecular complexity index is 1140. The first-order valence-electron chi connectivity index (χ1n) is 12.3. The first kappa shape index (κ1) is 22.6. The minimum Gasteiger partial charge on any atom is -0.459 e. The molecule has 0 aromatic heterocycles. The molecule has 1 aliphatic heterocycles. The number of halogens is 1. The zero-order valence-corrected chi connectivity index (χ0v) is 19.5. The number of nitrogens with one attached hydrogen (secondary N) is 1. The zero-order chi connectivity index (χ0) is 23.7. The molecule has 4 nitrogen and oxygen atoms in total. The fourth-order valence-electron chi connectivity index (χ4n) is 5.66. The molecule has 0 spiro atoms. The number of ketones is 1. The first-order chi connectivity index (χ1) is 16.5. The van der Waals surface area contributed by atoms with Gasteiger partial charge in [-0.25, -0.2) is 9.18 Å². The van der Waals surface area contributed by atoms with Gasteiger partial charge in [0.05, 0.1) is 5.57 Å². The van der Waals surface area contributed by atoms with Crippen molar-refractivity contribution in [1.82, 2.24) is 5.32 Å². The molecule has 1 N–H and O–H groups in total. The summed E-state index contributed by atoms with van der Waals surface area (Å²) in [5, 5.41) is 3.39. The highest BCUT2D eigenvalue weighted by Crippen LogP contribution is 2.46. The van der Waals surface area contributed by atoms with Crippen LogP contribution in [0.3, 0.4) is 0 Å². The average molecular weight is 460 g/mol. The van der Waals surface area contributed by atoms with Gasteiger partial charge in [0.25, 0.3) is 0 Å². The number of benzene rings is 2. The molecule has 5 rings (SSSR count). The number of rotatable bonds is 4. The zero-order valence-electron chi connectivity index (χ0n) is 19.5. The third-order valence-corrected chi connectivity index (χ3v) is 7.35. The molecule has 1 saturated carbocycles. The molecule has 2 aromatic carbocycles. The molecule has 34 heavy (non-hydrogen) atoms. The normalized spacial score (nSPS) is 23.4. The molecule has 0 bridgehead atoms. The fourth-order valence-corrected chi connectivity index (χ4v) is 5.66. The van der Waals surface area contributed by atoms with Crippen LogP contribution in [0.5, 0.6) is 0 Å². The number of hydrogen-bond acceptors (Lipinski definition) is 4. The van der Waals surface area contributed by atoms with E-state index in [9.17, 15) is 14.0 Å². The smallest absolute Gasteiger partial charge is 0.337 e. The van der Waals surface area contributed by atoms with Crippen LogP contribution in [0.1, 0.15) is 74.8 Å². The standard InChI is InChI=1S/C29H30FNO3/c1-18-26(29(33)34-23-10-6-3-7-11-23)27(20-12-14-22(30)15-13-20)28-24(31-18)16-21(17-25(28)32)19-8-4-2-5-9-19/h2,4-5,8-9,12-15,21,23,27,31H,3,6-7,10-11,16-17H2,1H3. The van der Waals surface area contributed by atoms with Crippen LogP contribution >= 0.6 is 0 Å². The maximum atomic E-state index is 13.7. The van der Waals surface area contributed by atoms with Crippen molar-refractivity contribution in [3.8, 4) is 0 Å². The van der Waals surface area contributed by atoms with Gasteiger partial charge in [-0.3, -0.25) is 4.79 Å². The summed E-state index contributed by atoms with van der Waals surface area (Å²) in [5.41, 5.74) is 4.49. The molecule has 3 aliphatic rings. The van der Waals surface area contributed by atoms with Crippen LogP contribution in [0.4, 0.5) is 4.39 Å². The Morgan fingerprint density at radius 2 is 1.65 bits per heavy atom. The lowest BCUT2D eigenvalue weighted by molar-refractivity contribution is -0.146. The van der Waals surface area contributed by atoms with Crippen molar-refractivity contribution in [3.63, 3.8) is 0 Å². The van der Waals surface area contributed by atoms with E-state index < -0.39 is 5.92 Å². The number of allylic oxidation sites excluding steroid dienone is 3. The number of carbonyl (C=O) groups is 2. The van der Waals surface area contributed by atoms with Gasteiger partial charge in [-0.05, 0) is 68.2 Å². The van der Waals surface area contributed by atoms with Crippen LogP contribution in [0.15, 0.2) is 77.1 Å². The molecule has 1 fully saturated rings. The van der Waals surface area contributed by atoms with Crippen molar-refractivity contribution in [2.45, 2.75) is 69.8 Å². The maximum Gasteiger partial charge on any atom is 0.337 e. The molecule has 2 aromatic rings. The second-order valence-corrected chi connectivity index (χ2v) is 9.64. The fraction of sp³-hybridized carbons (Fsp3) is 0.379. The van der Waals surface area contributed by atoms with Crippen molar-refractivity contribution in [3.05, 3.63) is 94.1 Å². The Kier molecular flexibility index (Phi) is 6.36. The van der Waals surface area contributed by atoms with Gasteiger partial charge < -0.3 is 10.1 Å². The predicted octanol–water partition coefficient (Wildman–Crippen LogP) is 6.06. The van der Waals surface area contributed by atoms with Crippen molar-refractivity contribution in [2.24, 2.45) is 0 Å².